The first-order valence-corrected chi connectivity index (χ1v) is 9.77. The molecule has 0 unspecified atom stereocenters. The molecule has 11 heteroatoms. The molecule has 1 fully saturated rings. The van der Waals surface area contributed by atoms with E-state index in [1.807, 2.05) is 0 Å². The minimum absolute atomic E-state index is 0.117. The van der Waals surface area contributed by atoms with Crippen LogP contribution in [0.15, 0.2) is 29.2 Å². The van der Waals surface area contributed by atoms with Crippen molar-refractivity contribution in [1.82, 2.24) is 9.55 Å². The lowest BCUT2D eigenvalue weighted by atomic mass is 10.1. The Morgan fingerprint density at radius 3 is 2.32 bits per heavy atom. The number of carbonyl (C=O) groups excluding carboxylic acids is 1. The third-order valence-corrected chi connectivity index (χ3v) is 4.65. The molecule has 1 aromatic heterocycles. The molecular formula is C20H24FN3O7. The highest BCUT2D eigenvalue weighted by atomic mass is 19.1. The number of aliphatic hydroxyl groups excluding tert-OH is 2. The minimum Gasteiger partial charge on any atom is -0.494 e. The van der Waals surface area contributed by atoms with Gasteiger partial charge in [-0.15, -0.1) is 0 Å². The lowest BCUT2D eigenvalue weighted by molar-refractivity contribution is -0.0355. The van der Waals surface area contributed by atoms with Crippen molar-refractivity contribution in [3.63, 3.8) is 0 Å². The van der Waals surface area contributed by atoms with E-state index < -0.39 is 47.8 Å². The first-order chi connectivity index (χ1) is 14.7. The van der Waals surface area contributed by atoms with E-state index in [-0.39, 0.29) is 5.56 Å². The van der Waals surface area contributed by atoms with Gasteiger partial charge in [-0.05, 0) is 32.9 Å². The fourth-order valence-corrected chi connectivity index (χ4v) is 3.16. The van der Waals surface area contributed by atoms with E-state index in [9.17, 15) is 24.2 Å². The van der Waals surface area contributed by atoms with Crippen molar-refractivity contribution in [3.8, 4) is 11.5 Å². The smallest absolute Gasteiger partial charge is 0.351 e. The van der Waals surface area contributed by atoms with Crippen LogP contribution in [0.5, 0.6) is 11.5 Å². The molecule has 1 amide bonds. The zero-order valence-corrected chi connectivity index (χ0v) is 17.2. The number of hydrogen-bond donors (Lipinski definition) is 3. The van der Waals surface area contributed by atoms with Crippen LogP contribution < -0.4 is 20.5 Å². The molecular weight excluding hydrogens is 413 g/mol. The molecule has 1 aliphatic rings. The number of nitrogens with one attached hydrogen (secondary N) is 1. The summed E-state index contributed by atoms with van der Waals surface area (Å²) in [5, 5.41) is 22.1. The van der Waals surface area contributed by atoms with Crippen LogP contribution in [0.25, 0.3) is 0 Å². The maximum atomic E-state index is 14.6. The highest BCUT2D eigenvalue weighted by Crippen LogP contribution is 2.28. The van der Waals surface area contributed by atoms with Crippen molar-refractivity contribution in [2.45, 2.75) is 45.3 Å². The summed E-state index contributed by atoms with van der Waals surface area (Å²) in [6, 6.07) is 4.52. The zero-order chi connectivity index (χ0) is 22.7. The SMILES string of the molecule is CCOc1cc(OCC)cc(C(=O)Nc2nc(=O)n([C@@H]3O[C@H](C)[C@@H](O)[C@H]3O)cc2F)c1. The predicted octanol–water partition coefficient (Wildman–Crippen LogP) is 1.07. The molecule has 0 radical (unpaired) electrons. The molecule has 2 heterocycles. The molecule has 10 nitrogen and oxygen atoms in total. The molecule has 1 aromatic carbocycles. The van der Waals surface area contributed by atoms with Gasteiger partial charge in [-0.25, -0.2) is 9.18 Å². The van der Waals surface area contributed by atoms with Crippen LogP contribution in [0.4, 0.5) is 10.2 Å². The summed E-state index contributed by atoms with van der Waals surface area (Å²) < 4.78 is 31.5. The number of hydrogen-bond acceptors (Lipinski definition) is 8. The molecule has 4 atom stereocenters. The molecule has 31 heavy (non-hydrogen) atoms. The lowest BCUT2D eigenvalue weighted by Crippen LogP contribution is -2.36. The largest absolute Gasteiger partial charge is 0.494 e. The standard InChI is InChI=1S/C20H24FN3O7/c1-4-29-12-6-11(7-13(8-12)30-5-2)18(27)22-17-14(21)9-24(20(28)23-17)19-16(26)15(25)10(3)31-19/h6-10,15-16,19,25-26H,4-5H2,1-3H3,(H,22,23,27,28)/t10-,15-,16-,19-/m1/s1. The predicted molar refractivity (Wildman–Crippen MR) is 107 cm³/mol. The topological polar surface area (TPSA) is 132 Å². The summed E-state index contributed by atoms with van der Waals surface area (Å²) >= 11 is 0. The van der Waals surface area contributed by atoms with Crippen LogP contribution in [-0.4, -0.2) is 57.2 Å². The Kier molecular flexibility index (Phi) is 6.88. The summed E-state index contributed by atoms with van der Waals surface area (Å²) in [5.41, 5.74) is -0.855. The van der Waals surface area contributed by atoms with Gasteiger partial charge >= 0.3 is 5.69 Å². The first kappa shape index (κ1) is 22.7. The molecule has 1 saturated heterocycles. The number of anilines is 1. The average Bonchev–Trinajstić information content (AvgIpc) is 2.98. The van der Waals surface area contributed by atoms with Crippen LogP contribution in [0.1, 0.15) is 37.4 Å². The Balaban J connectivity index is 1.86. The Labute approximate surface area is 177 Å². The van der Waals surface area contributed by atoms with Gasteiger partial charge in [0, 0.05) is 11.6 Å². The van der Waals surface area contributed by atoms with E-state index in [1.165, 1.54) is 19.1 Å². The van der Waals surface area contributed by atoms with Gasteiger partial charge < -0.3 is 29.7 Å². The first-order valence-electron chi connectivity index (χ1n) is 9.77. The van der Waals surface area contributed by atoms with E-state index >= 15 is 0 Å². The van der Waals surface area contributed by atoms with Gasteiger partial charge in [0.05, 0.1) is 25.5 Å². The number of amides is 1. The molecule has 1 aliphatic heterocycles. The Hall–Kier alpha value is -3.02. The molecule has 3 N–H and O–H groups in total. The van der Waals surface area contributed by atoms with Gasteiger partial charge in [-0.2, -0.15) is 4.98 Å². The molecule has 2 aromatic rings. The second-order valence-corrected chi connectivity index (χ2v) is 6.85. The number of benzene rings is 1. The van der Waals surface area contributed by atoms with Crippen LogP contribution in [0, 0.1) is 5.82 Å². The summed E-state index contributed by atoms with van der Waals surface area (Å²) in [6.45, 7) is 5.81. The number of nitrogens with zero attached hydrogens (tertiary/aromatic N) is 2. The number of ether oxygens (including phenoxy) is 3. The van der Waals surface area contributed by atoms with E-state index in [1.54, 1.807) is 19.9 Å². The number of aliphatic hydroxyl groups is 2. The molecule has 168 valence electrons. The van der Waals surface area contributed by atoms with Gasteiger partial charge in [-0.1, -0.05) is 0 Å². The normalized spacial score (nSPS) is 22.9. The highest BCUT2D eigenvalue weighted by molar-refractivity contribution is 6.04. The summed E-state index contributed by atoms with van der Waals surface area (Å²) in [7, 11) is 0. The average molecular weight is 437 g/mol. The summed E-state index contributed by atoms with van der Waals surface area (Å²) in [4.78, 5) is 28.5. The van der Waals surface area contributed by atoms with Gasteiger partial charge in [0.1, 0.15) is 23.7 Å². The van der Waals surface area contributed by atoms with E-state index in [0.29, 0.717) is 24.7 Å². The van der Waals surface area contributed by atoms with Gasteiger partial charge in [0.15, 0.2) is 17.9 Å². The molecule has 0 bridgehead atoms. The Morgan fingerprint density at radius 2 is 1.81 bits per heavy atom. The van der Waals surface area contributed by atoms with Crippen LogP contribution >= 0.6 is 0 Å². The Bertz CT molecular complexity index is 989. The van der Waals surface area contributed by atoms with Crippen molar-refractivity contribution in [2.24, 2.45) is 0 Å². The Morgan fingerprint density at radius 1 is 1.19 bits per heavy atom. The molecule has 3 rings (SSSR count). The monoisotopic (exact) mass is 437 g/mol. The fraction of sp³-hybridized carbons (Fsp3) is 0.450. The maximum Gasteiger partial charge on any atom is 0.351 e. The lowest BCUT2D eigenvalue weighted by Gasteiger charge is -2.18. The van der Waals surface area contributed by atoms with Crippen molar-refractivity contribution < 1.29 is 33.6 Å². The number of aromatic nitrogens is 2. The molecule has 0 aliphatic carbocycles. The zero-order valence-electron chi connectivity index (χ0n) is 17.2. The number of halogens is 1. The summed E-state index contributed by atoms with van der Waals surface area (Å²) in [5.74, 6) is -1.56. The third kappa shape index (κ3) is 4.84. The van der Waals surface area contributed by atoms with Gasteiger partial charge in [0.25, 0.3) is 5.91 Å². The minimum atomic E-state index is -1.44. The van der Waals surface area contributed by atoms with Crippen LogP contribution in [0.3, 0.4) is 0 Å². The third-order valence-electron chi connectivity index (χ3n) is 4.65. The highest BCUT2D eigenvalue weighted by Gasteiger charge is 2.42. The van der Waals surface area contributed by atoms with E-state index in [4.69, 9.17) is 14.2 Å². The maximum absolute atomic E-state index is 14.6. The van der Waals surface area contributed by atoms with Crippen molar-refractivity contribution in [1.29, 1.82) is 0 Å². The van der Waals surface area contributed by atoms with Crippen LogP contribution in [0.2, 0.25) is 0 Å². The van der Waals surface area contributed by atoms with E-state index in [2.05, 4.69) is 10.3 Å². The second-order valence-electron chi connectivity index (χ2n) is 6.85. The van der Waals surface area contributed by atoms with E-state index in [0.717, 1.165) is 10.8 Å². The fourth-order valence-electron chi connectivity index (χ4n) is 3.16. The van der Waals surface area contributed by atoms with Crippen molar-refractivity contribution >= 4 is 11.7 Å². The van der Waals surface area contributed by atoms with Crippen LogP contribution in [-0.2, 0) is 4.74 Å². The number of carbonyl (C=O) groups is 1. The number of rotatable bonds is 7. The second kappa shape index (κ2) is 9.41. The van der Waals surface area contributed by atoms with Gasteiger partial charge in [0.2, 0.25) is 0 Å². The van der Waals surface area contributed by atoms with Crippen molar-refractivity contribution in [2.75, 3.05) is 18.5 Å². The van der Waals surface area contributed by atoms with Crippen molar-refractivity contribution in [3.05, 3.63) is 46.3 Å². The quantitative estimate of drug-likeness (QED) is 0.586. The molecule has 0 spiro atoms. The van der Waals surface area contributed by atoms with Gasteiger partial charge in [-0.3, -0.25) is 9.36 Å². The summed E-state index contributed by atoms with van der Waals surface area (Å²) in [6.07, 6.45) is -3.98. The molecule has 0 saturated carbocycles.